The lowest BCUT2D eigenvalue weighted by atomic mass is 10.1. The maximum Gasteiger partial charge on any atom is 0.170 e. The molecule has 1 aromatic rings. The smallest absolute Gasteiger partial charge is 0.170 e. The molecule has 1 aliphatic rings. The zero-order chi connectivity index (χ0) is 13.1. The molecular formula is C12H20N4O2. The molecule has 18 heavy (non-hydrogen) atoms. The lowest BCUT2D eigenvalue weighted by Crippen LogP contribution is -2.44. The summed E-state index contributed by atoms with van der Waals surface area (Å²) in [6, 6.07) is 0.213. The first kappa shape index (κ1) is 13.2. The summed E-state index contributed by atoms with van der Waals surface area (Å²) in [5.41, 5.74) is 0. The average Bonchev–Trinajstić information content (AvgIpc) is 2.77. The molecule has 0 aliphatic carbocycles. The first-order valence-electron chi connectivity index (χ1n) is 6.29. The van der Waals surface area contributed by atoms with Gasteiger partial charge < -0.3 is 9.64 Å². The Labute approximate surface area is 107 Å². The van der Waals surface area contributed by atoms with Crippen LogP contribution in [0.3, 0.4) is 0 Å². The zero-order valence-electron chi connectivity index (χ0n) is 11.2. The molecule has 0 bridgehead atoms. The van der Waals surface area contributed by atoms with Gasteiger partial charge in [-0.3, -0.25) is 4.79 Å². The van der Waals surface area contributed by atoms with E-state index in [1.165, 1.54) is 6.33 Å². The van der Waals surface area contributed by atoms with E-state index in [-0.39, 0.29) is 24.3 Å². The number of likely N-dealkylation sites (N-methyl/N-ethyl adjacent to an activating group) is 1. The second-order valence-corrected chi connectivity index (χ2v) is 4.98. The van der Waals surface area contributed by atoms with Crippen molar-refractivity contribution in [3.8, 4) is 0 Å². The van der Waals surface area contributed by atoms with E-state index in [4.69, 9.17) is 4.74 Å². The van der Waals surface area contributed by atoms with Crippen molar-refractivity contribution in [1.82, 2.24) is 19.7 Å². The Morgan fingerprint density at radius 1 is 1.61 bits per heavy atom. The number of hydrogen-bond donors (Lipinski definition) is 0. The van der Waals surface area contributed by atoms with Crippen molar-refractivity contribution in [3.63, 3.8) is 0 Å². The van der Waals surface area contributed by atoms with Crippen LogP contribution in [0.25, 0.3) is 0 Å². The summed E-state index contributed by atoms with van der Waals surface area (Å²) in [6.45, 7) is 6.20. The monoisotopic (exact) mass is 252 g/mol. The molecule has 1 saturated heterocycles. The van der Waals surface area contributed by atoms with Crippen LogP contribution in [-0.4, -0.2) is 58.3 Å². The molecule has 6 heteroatoms. The van der Waals surface area contributed by atoms with Crippen LogP contribution in [0, 0.1) is 0 Å². The lowest BCUT2D eigenvalue weighted by Gasteiger charge is -2.29. The molecular weight excluding hydrogens is 232 g/mol. The van der Waals surface area contributed by atoms with Crippen LogP contribution in [0.5, 0.6) is 0 Å². The minimum Gasteiger partial charge on any atom is -0.368 e. The summed E-state index contributed by atoms with van der Waals surface area (Å²) < 4.78 is 7.29. The van der Waals surface area contributed by atoms with Crippen molar-refractivity contribution in [1.29, 1.82) is 0 Å². The van der Waals surface area contributed by atoms with Crippen LogP contribution < -0.4 is 0 Å². The van der Waals surface area contributed by atoms with Crippen LogP contribution in [0.1, 0.15) is 25.7 Å². The van der Waals surface area contributed by atoms with Gasteiger partial charge in [0.05, 0.1) is 13.0 Å². The fraction of sp³-hybridized carbons (Fsp3) is 0.750. The maximum absolute atomic E-state index is 12.2. The first-order valence-corrected chi connectivity index (χ1v) is 6.29. The summed E-state index contributed by atoms with van der Waals surface area (Å²) in [5, 5.41) is 4.13. The SMILES string of the molecule is CC(C)n1ncnc1CC(=O)C1CN(C)CCO1. The van der Waals surface area contributed by atoms with Crippen molar-refractivity contribution >= 4 is 5.78 Å². The number of aromatic nitrogens is 3. The molecule has 0 spiro atoms. The second-order valence-electron chi connectivity index (χ2n) is 4.98. The van der Waals surface area contributed by atoms with Gasteiger partial charge in [0.15, 0.2) is 5.78 Å². The van der Waals surface area contributed by atoms with E-state index in [0.29, 0.717) is 19.0 Å². The molecule has 1 unspecified atom stereocenters. The van der Waals surface area contributed by atoms with Gasteiger partial charge in [-0.05, 0) is 20.9 Å². The topological polar surface area (TPSA) is 60.2 Å². The van der Waals surface area contributed by atoms with Gasteiger partial charge in [-0.15, -0.1) is 0 Å². The van der Waals surface area contributed by atoms with Crippen LogP contribution in [0.15, 0.2) is 6.33 Å². The van der Waals surface area contributed by atoms with E-state index in [1.54, 1.807) is 4.68 Å². The van der Waals surface area contributed by atoms with Crippen molar-refractivity contribution in [2.45, 2.75) is 32.4 Å². The van der Waals surface area contributed by atoms with Crippen molar-refractivity contribution in [2.24, 2.45) is 0 Å². The van der Waals surface area contributed by atoms with E-state index in [9.17, 15) is 4.79 Å². The van der Waals surface area contributed by atoms with Gasteiger partial charge in [-0.2, -0.15) is 5.10 Å². The number of carbonyl (C=O) groups is 1. The Balaban J connectivity index is 2.00. The highest BCUT2D eigenvalue weighted by molar-refractivity contribution is 5.85. The Hall–Kier alpha value is -1.27. The van der Waals surface area contributed by atoms with Gasteiger partial charge in [0.1, 0.15) is 18.3 Å². The van der Waals surface area contributed by atoms with Crippen molar-refractivity contribution in [2.75, 3.05) is 26.7 Å². The summed E-state index contributed by atoms with van der Waals surface area (Å²) in [7, 11) is 2.00. The second kappa shape index (κ2) is 5.58. The summed E-state index contributed by atoms with van der Waals surface area (Å²) in [4.78, 5) is 18.4. The molecule has 2 heterocycles. The minimum absolute atomic E-state index is 0.0800. The number of rotatable bonds is 4. The van der Waals surface area contributed by atoms with Crippen LogP contribution >= 0.6 is 0 Å². The number of nitrogens with zero attached hydrogens (tertiary/aromatic N) is 4. The van der Waals surface area contributed by atoms with Crippen LogP contribution in [0.4, 0.5) is 0 Å². The fourth-order valence-corrected chi connectivity index (χ4v) is 2.07. The predicted molar refractivity (Wildman–Crippen MR) is 66.4 cm³/mol. The Bertz CT molecular complexity index is 416. The molecule has 0 amide bonds. The Kier molecular flexibility index (Phi) is 4.08. The van der Waals surface area contributed by atoms with E-state index in [2.05, 4.69) is 15.0 Å². The molecule has 2 rings (SSSR count). The number of Topliss-reactive ketones (excluding diaryl/α,β-unsaturated/α-hetero) is 1. The van der Waals surface area contributed by atoms with E-state index in [0.717, 1.165) is 6.54 Å². The van der Waals surface area contributed by atoms with Gasteiger partial charge in [0.2, 0.25) is 0 Å². The number of carbonyl (C=O) groups excluding carboxylic acids is 1. The molecule has 0 aromatic carbocycles. The van der Waals surface area contributed by atoms with Gasteiger partial charge in [-0.1, -0.05) is 0 Å². The quantitative estimate of drug-likeness (QED) is 0.771. The lowest BCUT2D eigenvalue weighted by molar-refractivity contribution is -0.135. The normalized spacial score (nSPS) is 21.4. The number of hydrogen-bond acceptors (Lipinski definition) is 5. The van der Waals surface area contributed by atoms with Gasteiger partial charge in [-0.25, -0.2) is 9.67 Å². The van der Waals surface area contributed by atoms with E-state index in [1.807, 2.05) is 20.9 Å². The highest BCUT2D eigenvalue weighted by atomic mass is 16.5. The highest BCUT2D eigenvalue weighted by Gasteiger charge is 2.26. The first-order chi connectivity index (χ1) is 8.58. The molecule has 1 fully saturated rings. The standard InChI is InChI=1S/C12H20N4O2/c1-9(2)16-12(13-8-14-16)6-10(17)11-7-15(3)4-5-18-11/h8-9,11H,4-7H2,1-3H3. The average molecular weight is 252 g/mol. The van der Waals surface area contributed by atoms with Crippen molar-refractivity contribution in [3.05, 3.63) is 12.2 Å². The third kappa shape index (κ3) is 2.94. The number of morpholine rings is 1. The number of ketones is 1. The highest BCUT2D eigenvalue weighted by Crippen LogP contribution is 2.10. The molecule has 100 valence electrons. The summed E-state index contributed by atoms with van der Waals surface area (Å²) in [5.74, 6) is 0.795. The van der Waals surface area contributed by atoms with Crippen LogP contribution in [0.2, 0.25) is 0 Å². The predicted octanol–water partition coefficient (Wildman–Crippen LogP) is 0.301. The van der Waals surface area contributed by atoms with E-state index < -0.39 is 0 Å². The zero-order valence-corrected chi connectivity index (χ0v) is 11.2. The Morgan fingerprint density at radius 3 is 3.06 bits per heavy atom. The summed E-state index contributed by atoms with van der Waals surface area (Å²) in [6.07, 6.45) is 1.45. The maximum atomic E-state index is 12.2. The molecule has 1 aliphatic heterocycles. The van der Waals surface area contributed by atoms with E-state index >= 15 is 0 Å². The van der Waals surface area contributed by atoms with Gasteiger partial charge in [0.25, 0.3) is 0 Å². The third-order valence-corrected chi connectivity index (χ3v) is 3.10. The molecule has 0 saturated carbocycles. The minimum atomic E-state index is -0.332. The summed E-state index contributed by atoms with van der Waals surface area (Å²) >= 11 is 0. The molecule has 1 aromatic heterocycles. The fourth-order valence-electron chi connectivity index (χ4n) is 2.07. The molecule has 0 radical (unpaired) electrons. The largest absolute Gasteiger partial charge is 0.368 e. The van der Waals surface area contributed by atoms with Crippen LogP contribution in [-0.2, 0) is 16.0 Å². The van der Waals surface area contributed by atoms with Crippen molar-refractivity contribution < 1.29 is 9.53 Å². The van der Waals surface area contributed by atoms with Gasteiger partial charge >= 0.3 is 0 Å². The molecule has 6 nitrogen and oxygen atoms in total. The third-order valence-electron chi connectivity index (χ3n) is 3.10. The molecule has 1 atom stereocenters. The van der Waals surface area contributed by atoms with Gasteiger partial charge in [0, 0.05) is 19.1 Å². The Morgan fingerprint density at radius 2 is 2.39 bits per heavy atom. The molecule has 0 N–H and O–H groups in total. The number of ether oxygens (including phenoxy) is 1.